The molecule has 0 spiro atoms. The number of pyridine rings is 1. The Morgan fingerprint density at radius 2 is 2.00 bits per heavy atom. The van der Waals surface area contributed by atoms with Crippen LogP contribution in [0.15, 0.2) is 21.7 Å². The van der Waals surface area contributed by atoms with Gasteiger partial charge in [0.25, 0.3) is 11.5 Å². The Labute approximate surface area is 178 Å². The van der Waals surface area contributed by atoms with Crippen LogP contribution in [0.2, 0.25) is 10.2 Å². The Balaban J connectivity index is 2.62. The summed E-state index contributed by atoms with van der Waals surface area (Å²) in [4.78, 5) is 45.6. The molecule has 0 unspecified atom stereocenters. The predicted molar refractivity (Wildman–Crippen MR) is 116 cm³/mol. The number of nitrogens with one attached hydrogen (secondary N) is 1. The van der Waals surface area contributed by atoms with Gasteiger partial charge in [0.05, 0.1) is 0 Å². The summed E-state index contributed by atoms with van der Waals surface area (Å²) in [6.45, 7) is 6.50. The molecule has 0 bridgehead atoms. The van der Waals surface area contributed by atoms with Gasteiger partial charge in [-0.3, -0.25) is 24.0 Å². The van der Waals surface area contributed by atoms with E-state index in [9.17, 15) is 14.4 Å². The van der Waals surface area contributed by atoms with Crippen LogP contribution in [0.3, 0.4) is 0 Å². The Morgan fingerprint density at radius 1 is 1.31 bits per heavy atom. The van der Waals surface area contributed by atoms with Crippen LogP contribution in [-0.4, -0.2) is 27.0 Å². The quantitative estimate of drug-likeness (QED) is 0.609. The number of nitrogens with two attached hydrogens (primary N) is 1. The Bertz CT molecular complexity index is 980. The number of nitrogen functional groups attached to an aromatic ring is 1. The van der Waals surface area contributed by atoms with Gasteiger partial charge in [0, 0.05) is 18.1 Å². The molecule has 0 aliphatic rings. The lowest BCUT2D eigenvalue weighted by Gasteiger charge is -2.25. The third kappa shape index (κ3) is 5.61. The van der Waals surface area contributed by atoms with Crippen LogP contribution in [0.4, 0.5) is 11.5 Å². The maximum Gasteiger partial charge on any atom is 0.330 e. The van der Waals surface area contributed by atoms with E-state index in [0.717, 1.165) is 6.42 Å². The minimum atomic E-state index is -0.731. The molecule has 0 fully saturated rings. The van der Waals surface area contributed by atoms with E-state index in [2.05, 4.69) is 9.97 Å². The summed E-state index contributed by atoms with van der Waals surface area (Å²) in [7, 11) is 0. The fourth-order valence-corrected chi connectivity index (χ4v) is 3.26. The Hall–Kier alpha value is -2.32. The fraction of sp³-hybridized carbons (Fsp3) is 0.474. The van der Waals surface area contributed by atoms with Gasteiger partial charge in [-0.2, -0.15) is 0 Å². The first-order valence-electron chi connectivity index (χ1n) is 9.43. The van der Waals surface area contributed by atoms with Crippen LogP contribution in [0, 0.1) is 5.92 Å². The maximum absolute atomic E-state index is 13.2. The molecule has 0 radical (unpaired) electrons. The van der Waals surface area contributed by atoms with Crippen LogP contribution in [0.25, 0.3) is 0 Å². The molecule has 0 aliphatic carbocycles. The van der Waals surface area contributed by atoms with Gasteiger partial charge in [-0.1, -0.05) is 50.4 Å². The van der Waals surface area contributed by atoms with Crippen LogP contribution < -0.4 is 21.9 Å². The normalized spacial score (nSPS) is 11.1. The molecule has 0 saturated heterocycles. The first kappa shape index (κ1) is 23.0. The molecule has 10 heteroatoms. The van der Waals surface area contributed by atoms with Crippen LogP contribution >= 0.6 is 23.2 Å². The van der Waals surface area contributed by atoms with Crippen LogP contribution in [0.5, 0.6) is 0 Å². The molecule has 29 heavy (non-hydrogen) atoms. The van der Waals surface area contributed by atoms with Crippen molar-refractivity contribution in [1.82, 2.24) is 14.5 Å². The number of amides is 1. The zero-order valence-electron chi connectivity index (χ0n) is 16.7. The second-order valence-corrected chi connectivity index (χ2v) is 7.95. The molecule has 8 nitrogen and oxygen atoms in total. The number of aromatic amines is 1. The highest BCUT2D eigenvalue weighted by Gasteiger charge is 2.26. The Morgan fingerprint density at radius 3 is 2.59 bits per heavy atom. The van der Waals surface area contributed by atoms with E-state index in [0.29, 0.717) is 19.4 Å². The summed E-state index contributed by atoms with van der Waals surface area (Å²) in [6, 6.07) is 2.78. The van der Waals surface area contributed by atoms with Crippen molar-refractivity contribution in [3.63, 3.8) is 0 Å². The SMILES string of the molecule is CCCCn1c(N)c(N(CCC(C)C)C(=O)c2cc(Cl)cc(Cl)n2)c(=O)[nH]c1=O. The standard InChI is InChI=1S/C19H25Cl2N5O3/c1-4-5-7-26-16(22)15(17(27)24-19(26)29)25(8-6-11(2)3)18(28)13-9-12(20)10-14(21)23-13/h9-11H,4-8,22H2,1-3H3,(H,24,27,29). The molecular formula is C19H25Cl2N5O3. The molecule has 3 N–H and O–H groups in total. The maximum atomic E-state index is 13.2. The number of hydrogen-bond donors (Lipinski definition) is 2. The summed E-state index contributed by atoms with van der Waals surface area (Å²) in [5, 5.41) is 0.298. The third-order valence-electron chi connectivity index (χ3n) is 4.37. The summed E-state index contributed by atoms with van der Waals surface area (Å²) in [5.41, 5.74) is 4.75. The first-order valence-corrected chi connectivity index (χ1v) is 10.2. The largest absolute Gasteiger partial charge is 0.383 e. The molecule has 1 amide bonds. The van der Waals surface area contributed by atoms with E-state index >= 15 is 0 Å². The average molecular weight is 442 g/mol. The number of nitrogens with zero attached hydrogens (tertiary/aromatic N) is 3. The van der Waals surface area contributed by atoms with Gasteiger partial charge in [0.1, 0.15) is 16.7 Å². The lowest BCUT2D eigenvalue weighted by atomic mass is 10.1. The zero-order valence-corrected chi connectivity index (χ0v) is 18.2. The molecule has 2 aromatic rings. The van der Waals surface area contributed by atoms with E-state index in [-0.39, 0.29) is 39.8 Å². The molecule has 0 saturated carbocycles. The summed E-state index contributed by atoms with van der Waals surface area (Å²) >= 11 is 11.9. The number of aromatic nitrogens is 3. The topological polar surface area (TPSA) is 114 Å². The minimum absolute atomic E-state index is 0.0173. The van der Waals surface area contributed by atoms with Crippen molar-refractivity contribution in [2.75, 3.05) is 17.2 Å². The highest BCUT2D eigenvalue weighted by Crippen LogP contribution is 2.23. The van der Waals surface area contributed by atoms with Gasteiger partial charge < -0.3 is 5.73 Å². The molecule has 2 heterocycles. The molecule has 2 aromatic heterocycles. The van der Waals surface area contributed by atoms with E-state index in [1.165, 1.54) is 21.6 Å². The summed E-state index contributed by atoms with van der Waals surface area (Å²) in [6.07, 6.45) is 2.13. The molecular weight excluding hydrogens is 417 g/mol. The fourth-order valence-electron chi connectivity index (χ4n) is 2.79. The van der Waals surface area contributed by atoms with Gasteiger partial charge in [-0.05, 0) is 30.9 Å². The second kappa shape index (κ2) is 9.93. The lowest BCUT2D eigenvalue weighted by molar-refractivity contribution is 0.0980. The molecule has 0 atom stereocenters. The number of H-pyrrole nitrogens is 1. The molecule has 158 valence electrons. The van der Waals surface area contributed by atoms with Crippen molar-refractivity contribution >= 4 is 40.6 Å². The molecule has 2 rings (SSSR count). The van der Waals surface area contributed by atoms with Crippen molar-refractivity contribution in [3.8, 4) is 0 Å². The zero-order chi connectivity index (χ0) is 21.7. The average Bonchev–Trinajstić information content (AvgIpc) is 2.62. The van der Waals surface area contributed by atoms with Crippen molar-refractivity contribution < 1.29 is 4.79 Å². The van der Waals surface area contributed by atoms with Gasteiger partial charge in [0.2, 0.25) is 0 Å². The number of unbranched alkanes of at least 4 members (excludes halogenated alkanes) is 1. The highest BCUT2D eigenvalue weighted by atomic mass is 35.5. The van der Waals surface area contributed by atoms with Crippen LogP contribution in [0.1, 0.15) is 50.5 Å². The number of carbonyl (C=O) groups is 1. The predicted octanol–water partition coefficient (Wildman–Crippen LogP) is 3.31. The lowest BCUT2D eigenvalue weighted by Crippen LogP contribution is -2.42. The second-order valence-electron chi connectivity index (χ2n) is 7.13. The third-order valence-corrected chi connectivity index (χ3v) is 4.78. The summed E-state index contributed by atoms with van der Waals surface area (Å²) < 4.78 is 1.27. The van der Waals surface area contributed by atoms with Crippen molar-refractivity contribution in [2.45, 2.75) is 46.6 Å². The number of carbonyl (C=O) groups excluding carboxylic acids is 1. The Kier molecular flexibility index (Phi) is 7.87. The number of hydrogen-bond acceptors (Lipinski definition) is 5. The van der Waals surface area contributed by atoms with Crippen molar-refractivity contribution in [1.29, 1.82) is 0 Å². The smallest absolute Gasteiger partial charge is 0.330 e. The highest BCUT2D eigenvalue weighted by molar-refractivity contribution is 6.34. The monoisotopic (exact) mass is 441 g/mol. The number of rotatable bonds is 8. The molecule has 0 aromatic carbocycles. The minimum Gasteiger partial charge on any atom is -0.383 e. The number of anilines is 2. The van der Waals surface area contributed by atoms with Gasteiger partial charge in [-0.25, -0.2) is 9.78 Å². The van der Waals surface area contributed by atoms with E-state index in [4.69, 9.17) is 28.9 Å². The van der Waals surface area contributed by atoms with Gasteiger partial charge in [-0.15, -0.1) is 0 Å². The first-order chi connectivity index (χ1) is 13.6. The number of halogens is 2. The van der Waals surface area contributed by atoms with Gasteiger partial charge >= 0.3 is 5.69 Å². The molecule has 0 aliphatic heterocycles. The van der Waals surface area contributed by atoms with Crippen LogP contribution in [-0.2, 0) is 6.54 Å². The van der Waals surface area contributed by atoms with E-state index < -0.39 is 17.2 Å². The summed E-state index contributed by atoms with van der Waals surface area (Å²) in [5.74, 6) is -0.377. The van der Waals surface area contributed by atoms with E-state index in [1.54, 1.807) is 0 Å². The van der Waals surface area contributed by atoms with Crippen molar-refractivity contribution in [2.24, 2.45) is 5.92 Å². The van der Waals surface area contributed by atoms with Crippen molar-refractivity contribution in [3.05, 3.63) is 48.8 Å². The van der Waals surface area contributed by atoms with Gasteiger partial charge in [0.15, 0.2) is 5.69 Å². The van der Waals surface area contributed by atoms with E-state index in [1.807, 2.05) is 20.8 Å².